The van der Waals surface area contributed by atoms with Gasteiger partial charge in [0, 0.05) is 18.5 Å². The molecule has 6 nitrogen and oxygen atoms in total. The van der Waals surface area contributed by atoms with Gasteiger partial charge in [-0.25, -0.2) is 8.42 Å². The van der Waals surface area contributed by atoms with Crippen molar-refractivity contribution in [3.63, 3.8) is 0 Å². The van der Waals surface area contributed by atoms with Crippen molar-refractivity contribution >= 4 is 10.0 Å². The lowest BCUT2D eigenvalue weighted by Crippen LogP contribution is -2.31. The standard InChI is InChI=1S/C18H24N2O4S/c1-4-17-18(13(3)19-24-17)16-7-6-12-20(16)25(21,22)15-10-8-14(9-11-15)23-5-2/h8-11,16H,4-7,12H2,1-3H3/t16-/m1/s1. The fourth-order valence-electron chi connectivity index (χ4n) is 3.43. The number of aryl methyl sites for hydroxylation is 2. The molecule has 2 aromatic rings. The lowest BCUT2D eigenvalue weighted by atomic mass is 10.0. The van der Waals surface area contributed by atoms with Gasteiger partial charge in [-0.05, 0) is 51.0 Å². The highest BCUT2D eigenvalue weighted by molar-refractivity contribution is 7.89. The van der Waals surface area contributed by atoms with E-state index in [1.807, 2.05) is 20.8 Å². The topological polar surface area (TPSA) is 72.6 Å². The zero-order valence-electron chi connectivity index (χ0n) is 14.9. The van der Waals surface area contributed by atoms with Crippen LogP contribution in [-0.4, -0.2) is 31.0 Å². The van der Waals surface area contributed by atoms with Gasteiger partial charge in [0.1, 0.15) is 11.5 Å². The normalized spacial score (nSPS) is 18.6. The van der Waals surface area contributed by atoms with Crippen LogP contribution in [0.5, 0.6) is 5.75 Å². The third-order valence-electron chi connectivity index (χ3n) is 4.58. The Kier molecular flexibility index (Phi) is 5.15. The third-order valence-corrected chi connectivity index (χ3v) is 6.50. The molecule has 0 bridgehead atoms. The molecule has 136 valence electrons. The van der Waals surface area contributed by atoms with E-state index in [2.05, 4.69) is 5.16 Å². The summed E-state index contributed by atoms with van der Waals surface area (Å²) >= 11 is 0. The van der Waals surface area contributed by atoms with Crippen LogP contribution in [0.25, 0.3) is 0 Å². The Labute approximate surface area is 148 Å². The SMILES string of the molecule is CCOc1ccc(S(=O)(=O)N2CCC[C@@H]2c2c(C)noc2CC)cc1. The Bertz CT molecular complexity index is 827. The van der Waals surface area contributed by atoms with Crippen molar-refractivity contribution < 1.29 is 17.7 Å². The minimum atomic E-state index is -3.58. The average Bonchev–Trinajstić information content (AvgIpc) is 3.22. The number of sulfonamides is 1. The lowest BCUT2D eigenvalue weighted by Gasteiger charge is -2.24. The zero-order chi connectivity index (χ0) is 18.0. The molecular weight excluding hydrogens is 340 g/mol. The molecule has 0 unspecified atom stereocenters. The van der Waals surface area contributed by atoms with Crippen LogP contribution in [0.3, 0.4) is 0 Å². The van der Waals surface area contributed by atoms with Gasteiger partial charge in [0.15, 0.2) is 0 Å². The molecule has 1 atom stereocenters. The van der Waals surface area contributed by atoms with Gasteiger partial charge in [0.2, 0.25) is 10.0 Å². The van der Waals surface area contributed by atoms with Crippen molar-refractivity contribution in [2.75, 3.05) is 13.2 Å². The molecule has 1 fully saturated rings. The molecule has 1 aromatic heterocycles. The van der Waals surface area contributed by atoms with Crippen LogP contribution >= 0.6 is 0 Å². The van der Waals surface area contributed by atoms with E-state index >= 15 is 0 Å². The second-order valence-corrected chi connectivity index (χ2v) is 8.03. The summed E-state index contributed by atoms with van der Waals surface area (Å²) in [7, 11) is -3.58. The molecule has 0 radical (unpaired) electrons. The molecule has 0 spiro atoms. The number of benzene rings is 1. The molecule has 1 aliphatic rings. The second kappa shape index (κ2) is 7.17. The van der Waals surface area contributed by atoms with Gasteiger partial charge in [-0.3, -0.25) is 0 Å². The summed E-state index contributed by atoms with van der Waals surface area (Å²) in [6, 6.07) is 6.40. The summed E-state index contributed by atoms with van der Waals surface area (Å²) in [5.74, 6) is 1.44. The molecule has 0 saturated carbocycles. The molecule has 0 N–H and O–H groups in total. The van der Waals surface area contributed by atoms with Gasteiger partial charge in [-0.2, -0.15) is 4.31 Å². The number of hydrogen-bond acceptors (Lipinski definition) is 5. The Hall–Kier alpha value is -1.86. The molecule has 1 aliphatic heterocycles. The first kappa shape index (κ1) is 17.9. The quantitative estimate of drug-likeness (QED) is 0.785. The van der Waals surface area contributed by atoms with Crippen molar-refractivity contribution in [1.29, 1.82) is 0 Å². The van der Waals surface area contributed by atoms with Crippen molar-refractivity contribution in [2.45, 2.75) is 51.0 Å². The minimum Gasteiger partial charge on any atom is -0.494 e. The van der Waals surface area contributed by atoms with Crippen molar-refractivity contribution in [3.8, 4) is 5.75 Å². The number of hydrogen-bond donors (Lipinski definition) is 0. The van der Waals surface area contributed by atoms with Crippen LogP contribution in [0, 0.1) is 6.92 Å². The molecule has 2 heterocycles. The molecule has 0 aliphatic carbocycles. The predicted octanol–water partition coefficient (Wildman–Crippen LogP) is 3.47. The van der Waals surface area contributed by atoms with Crippen LogP contribution in [0.4, 0.5) is 0 Å². The van der Waals surface area contributed by atoms with E-state index in [1.165, 1.54) is 0 Å². The summed E-state index contributed by atoms with van der Waals surface area (Å²) in [5.41, 5.74) is 1.70. The van der Waals surface area contributed by atoms with E-state index in [0.717, 1.165) is 29.9 Å². The Morgan fingerprint density at radius 2 is 2.00 bits per heavy atom. The first-order valence-electron chi connectivity index (χ1n) is 8.68. The van der Waals surface area contributed by atoms with E-state index < -0.39 is 10.0 Å². The highest BCUT2D eigenvalue weighted by Crippen LogP contribution is 2.39. The smallest absolute Gasteiger partial charge is 0.243 e. The molecule has 25 heavy (non-hydrogen) atoms. The maximum Gasteiger partial charge on any atom is 0.243 e. The maximum atomic E-state index is 13.2. The van der Waals surface area contributed by atoms with Crippen molar-refractivity contribution in [3.05, 3.63) is 41.3 Å². The van der Waals surface area contributed by atoms with Crippen molar-refractivity contribution in [1.82, 2.24) is 9.46 Å². The summed E-state index contributed by atoms with van der Waals surface area (Å²) in [4.78, 5) is 0.287. The molecule has 1 saturated heterocycles. The van der Waals surface area contributed by atoms with Gasteiger partial charge < -0.3 is 9.26 Å². The van der Waals surface area contributed by atoms with E-state index in [0.29, 0.717) is 25.3 Å². The molecule has 1 aromatic carbocycles. The maximum absolute atomic E-state index is 13.2. The monoisotopic (exact) mass is 364 g/mol. The van der Waals surface area contributed by atoms with Crippen molar-refractivity contribution in [2.24, 2.45) is 0 Å². The fraction of sp³-hybridized carbons (Fsp3) is 0.500. The second-order valence-electron chi connectivity index (χ2n) is 6.14. The summed E-state index contributed by atoms with van der Waals surface area (Å²) in [6.45, 7) is 6.81. The first-order valence-corrected chi connectivity index (χ1v) is 10.1. The molecule has 7 heteroatoms. The van der Waals surface area contributed by atoms with Gasteiger partial charge in [0.25, 0.3) is 0 Å². The summed E-state index contributed by atoms with van der Waals surface area (Å²) in [6.07, 6.45) is 2.31. The van der Waals surface area contributed by atoms with Gasteiger partial charge in [-0.15, -0.1) is 0 Å². The highest BCUT2D eigenvalue weighted by Gasteiger charge is 2.39. The van der Waals surface area contributed by atoms with E-state index in [4.69, 9.17) is 9.26 Å². The Morgan fingerprint density at radius 3 is 2.64 bits per heavy atom. The summed E-state index contributed by atoms with van der Waals surface area (Å²) < 4.78 is 38.7. The zero-order valence-corrected chi connectivity index (χ0v) is 15.7. The number of aromatic nitrogens is 1. The number of ether oxygens (including phenoxy) is 1. The highest BCUT2D eigenvalue weighted by atomic mass is 32.2. The third kappa shape index (κ3) is 3.30. The number of nitrogens with zero attached hydrogens (tertiary/aromatic N) is 2. The predicted molar refractivity (Wildman–Crippen MR) is 94.1 cm³/mol. The fourth-order valence-corrected chi connectivity index (χ4v) is 5.10. The van der Waals surface area contributed by atoms with E-state index in [-0.39, 0.29) is 10.9 Å². The van der Waals surface area contributed by atoms with Gasteiger partial charge in [0.05, 0.1) is 23.2 Å². The molecule has 3 rings (SSSR count). The van der Waals surface area contributed by atoms with Gasteiger partial charge >= 0.3 is 0 Å². The van der Waals surface area contributed by atoms with Crippen LogP contribution < -0.4 is 4.74 Å². The average molecular weight is 364 g/mol. The lowest BCUT2D eigenvalue weighted by molar-refractivity contribution is 0.340. The van der Waals surface area contributed by atoms with Crippen LogP contribution in [0.2, 0.25) is 0 Å². The minimum absolute atomic E-state index is 0.210. The first-order chi connectivity index (χ1) is 12.0. The molecule has 0 amide bonds. The van der Waals surface area contributed by atoms with E-state index in [9.17, 15) is 8.42 Å². The van der Waals surface area contributed by atoms with Gasteiger partial charge in [-0.1, -0.05) is 12.1 Å². The molecular formula is C18H24N2O4S. The Balaban J connectivity index is 1.94. The summed E-state index contributed by atoms with van der Waals surface area (Å²) in [5, 5.41) is 4.04. The largest absolute Gasteiger partial charge is 0.494 e. The van der Waals surface area contributed by atoms with Crippen LogP contribution in [0.15, 0.2) is 33.7 Å². The van der Waals surface area contributed by atoms with Crippen LogP contribution in [0.1, 0.15) is 49.7 Å². The van der Waals surface area contributed by atoms with Crippen LogP contribution in [-0.2, 0) is 16.4 Å². The van der Waals surface area contributed by atoms with E-state index in [1.54, 1.807) is 28.6 Å². The Morgan fingerprint density at radius 1 is 1.28 bits per heavy atom. The number of rotatable bonds is 6.